The van der Waals surface area contributed by atoms with Crippen LogP contribution in [0.4, 0.5) is 0 Å². The molecule has 1 amide bonds. The number of likely N-dealkylation sites (tertiary alicyclic amines) is 1. The quantitative estimate of drug-likeness (QED) is 0.295. The summed E-state index contributed by atoms with van der Waals surface area (Å²) in [5.41, 5.74) is 4.80. The molecule has 1 aliphatic rings. The summed E-state index contributed by atoms with van der Waals surface area (Å²) in [7, 11) is 0. The third-order valence-corrected chi connectivity index (χ3v) is 6.74. The van der Waals surface area contributed by atoms with Crippen molar-refractivity contribution in [2.75, 3.05) is 19.7 Å². The molecule has 1 aromatic heterocycles. The molecule has 0 N–H and O–H groups in total. The average molecular weight is 454 g/mol. The van der Waals surface area contributed by atoms with Crippen molar-refractivity contribution in [2.24, 2.45) is 0 Å². The monoisotopic (exact) mass is 453 g/mol. The molecule has 0 aliphatic carbocycles. The van der Waals surface area contributed by atoms with Gasteiger partial charge in [0.15, 0.2) is 0 Å². The van der Waals surface area contributed by atoms with Crippen molar-refractivity contribution in [3.05, 3.63) is 72.5 Å². The third kappa shape index (κ3) is 4.33. The number of ether oxygens (including phenoxy) is 1. The van der Waals surface area contributed by atoms with Crippen LogP contribution < -0.4 is 4.74 Å². The predicted molar refractivity (Wildman–Crippen MR) is 139 cm³/mol. The third-order valence-electron chi connectivity index (χ3n) is 6.74. The van der Waals surface area contributed by atoms with E-state index in [9.17, 15) is 4.79 Å². The summed E-state index contributed by atoms with van der Waals surface area (Å²) in [6.45, 7) is 6.19. The van der Waals surface area contributed by atoms with Crippen LogP contribution in [0.2, 0.25) is 0 Å². The molecule has 34 heavy (non-hydrogen) atoms. The maximum Gasteiger partial charge on any atom is 0.246 e. The molecular weight excluding hydrogens is 422 g/mol. The van der Waals surface area contributed by atoms with Crippen molar-refractivity contribution in [3.63, 3.8) is 0 Å². The fourth-order valence-corrected chi connectivity index (χ4v) is 4.95. The molecule has 1 aliphatic heterocycles. The number of benzene rings is 3. The van der Waals surface area contributed by atoms with Gasteiger partial charge in [0, 0.05) is 41.7 Å². The summed E-state index contributed by atoms with van der Waals surface area (Å²) in [6.07, 6.45) is 8.17. The maximum absolute atomic E-state index is 13.0. The highest BCUT2D eigenvalue weighted by Gasteiger charge is 2.18. The zero-order valence-electron chi connectivity index (χ0n) is 20.0. The van der Waals surface area contributed by atoms with E-state index in [0.717, 1.165) is 64.9 Å². The fraction of sp³-hybridized carbons (Fsp3) is 0.300. The Morgan fingerprint density at radius 3 is 2.53 bits per heavy atom. The van der Waals surface area contributed by atoms with Gasteiger partial charge in [0.1, 0.15) is 11.3 Å². The van der Waals surface area contributed by atoms with Crippen molar-refractivity contribution >= 4 is 33.2 Å². The van der Waals surface area contributed by atoms with E-state index in [0.29, 0.717) is 6.61 Å². The summed E-state index contributed by atoms with van der Waals surface area (Å²) in [4.78, 5) is 15.0. The van der Waals surface area contributed by atoms with Gasteiger partial charge < -0.3 is 14.1 Å². The Kier molecular flexibility index (Phi) is 6.39. The highest BCUT2D eigenvalue weighted by Crippen LogP contribution is 2.39. The van der Waals surface area contributed by atoms with Gasteiger partial charge in [-0.1, -0.05) is 55.3 Å². The second-order valence-electron chi connectivity index (χ2n) is 9.02. The predicted octanol–water partition coefficient (Wildman–Crippen LogP) is 7.46. The van der Waals surface area contributed by atoms with E-state index >= 15 is 0 Å². The first-order valence-electron chi connectivity index (χ1n) is 12.3. The minimum absolute atomic E-state index is 0.0865. The molecule has 1 saturated heterocycles. The van der Waals surface area contributed by atoms with Crippen LogP contribution in [0.3, 0.4) is 0 Å². The molecule has 0 radical (unpaired) electrons. The number of carbonyl (C=O) groups excluding carboxylic acids is 1. The molecule has 0 unspecified atom stereocenters. The SMILES string of the molecule is CCOc1cc2occ(-c3cccc4ccccc34)c2cc1/C(C)=C/C(=O)N1CCCCCC1. The molecule has 4 aromatic rings. The van der Waals surface area contributed by atoms with Gasteiger partial charge in [0.2, 0.25) is 5.91 Å². The highest BCUT2D eigenvalue weighted by atomic mass is 16.5. The van der Waals surface area contributed by atoms with Crippen LogP contribution in [-0.4, -0.2) is 30.5 Å². The molecule has 0 atom stereocenters. The van der Waals surface area contributed by atoms with E-state index in [4.69, 9.17) is 9.15 Å². The number of fused-ring (bicyclic) bond motifs is 2. The summed E-state index contributed by atoms with van der Waals surface area (Å²) in [5, 5.41) is 3.40. The second-order valence-corrected chi connectivity index (χ2v) is 9.02. The number of furan rings is 1. The first-order chi connectivity index (χ1) is 16.7. The molecule has 1 fully saturated rings. The molecule has 0 bridgehead atoms. The van der Waals surface area contributed by atoms with Crippen LogP contribution >= 0.6 is 0 Å². The number of hydrogen-bond acceptors (Lipinski definition) is 3. The summed E-state index contributed by atoms with van der Waals surface area (Å²) in [5.74, 6) is 0.828. The molecular formula is C30H31NO3. The van der Waals surface area contributed by atoms with Crippen LogP contribution in [-0.2, 0) is 4.79 Å². The summed E-state index contributed by atoms with van der Waals surface area (Å²) < 4.78 is 12.0. The van der Waals surface area contributed by atoms with Crippen LogP contribution in [0.25, 0.3) is 38.4 Å². The first kappa shape index (κ1) is 22.3. The summed E-state index contributed by atoms with van der Waals surface area (Å²) >= 11 is 0. The molecule has 4 nitrogen and oxygen atoms in total. The number of nitrogens with zero attached hydrogens (tertiary/aromatic N) is 1. The largest absolute Gasteiger partial charge is 0.493 e. The van der Waals surface area contributed by atoms with Gasteiger partial charge >= 0.3 is 0 Å². The van der Waals surface area contributed by atoms with Gasteiger partial charge in [0.25, 0.3) is 0 Å². The average Bonchev–Trinajstić information content (AvgIpc) is 3.06. The van der Waals surface area contributed by atoms with Crippen LogP contribution in [0, 0.1) is 0 Å². The molecule has 0 saturated carbocycles. The van der Waals surface area contributed by atoms with Gasteiger partial charge in [-0.2, -0.15) is 0 Å². The number of hydrogen-bond donors (Lipinski definition) is 0. The Bertz CT molecular complexity index is 1350. The first-order valence-corrected chi connectivity index (χ1v) is 12.3. The topological polar surface area (TPSA) is 42.7 Å². The zero-order chi connectivity index (χ0) is 23.5. The van der Waals surface area contributed by atoms with Gasteiger partial charge in [-0.3, -0.25) is 4.79 Å². The Labute approximate surface area is 200 Å². The van der Waals surface area contributed by atoms with Gasteiger partial charge in [-0.05, 0) is 54.7 Å². The molecule has 4 heteroatoms. The molecule has 5 rings (SSSR count). The standard InChI is InChI=1S/C30H31NO3/c1-3-33-28-19-29-26(18-25(28)21(2)17-30(32)31-15-8-4-5-9-16-31)27(20-34-29)24-14-10-12-22-11-6-7-13-23(22)24/h6-7,10-14,17-20H,3-5,8-9,15-16H2,1-2H3/b21-17+. The summed E-state index contributed by atoms with van der Waals surface area (Å²) in [6, 6.07) is 18.8. The molecule has 0 spiro atoms. The van der Waals surface area contributed by atoms with E-state index in [-0.39, 0.29) is 5.91 Å². The lowest BCUT2D eigenvalue weighted by molar-refractivity contribution is -0.125. The highest BCUT2D eigenvalue weighted by molar-refractivity contribution is 6.06. The molecule has 174 valence electrons. The molecule has 2 heterocycles. The Morgan fingerprint density at radius 2 is 1.74 bits per heavy atom. The van der Waals surface area contributed by atoms with E-state index in [2.05, 4.69) is 48.5 Å². The van der Waals surface area contributed by atoms with E-state index in [1.807, 2.05) is 31.1 Å². The van der Waals surface area contributed by atoms with Crippen molar-refractivity contribution in [3.8, 4) is 16.9 Å². The van der Waals surface area contributed by atoms with Crippen LogP contribution in [0.5, 0.6) is 5.75 Å². The molecule has 3 aromatic carbocycles. The van der Waals surface area contributed by atoms with Crippen molar-refractivity contribution in [1.82, 2.24) is 4.90 Å². The maximum atomic E-state index is 13.0. The minimum atomic E-state index is 0.0865. The number of rotatable bonds is 5. The van der Waals surface area contributed by atoms with Gasteiger partial charge in [0.05, 0.1) is 12.9 Å². The van der Waals surface area contributed by atoms with E-state index < -0.39 is 0 Å². The van der Waals surface area contributed by atoms with Crippen molar-refractivity contribution in [1.29, 1.82) is 0 Å². The normalized spacial score (nSPS) is 15.0. The lowest BCUT2D eigenvalue weighted by Gasteiger charge is -2.19. The fourth-order valence-electron chi connectivity index (χ4n) is 4.95. The Morgan fingerprint density at radius 1 is 0.971 bits per heavy atom. The second kappa shape index (κ2) is 9.76. The number of allylic oxidation sites excluding steroid dienone is 1. The van der Waals surface area contributed by atoms with E-state index in [1.54, 1.807) is 6.08 Å². The minimum Gasteiger partial charge on any atom is -0.493 e. The van der Waals surface area contributed by atoms with Gasteiger partial charge in [-0.15, -0.1) is 0 Å². The smallest absolute Gasteiger partial charge is 0.246 e. The zero-order valence-corrected chi connectivity index (χ0v) is 20.0. The lowest BCUT2D eigenvalue weighted by Crippen LogP contribution is -2.30. The van der Waals surface area contributed by atoms with Gasteiger partial charge in [-0.25, -0.2) is 0 Å². The van der Waals surface area contributed by atoms with Crippen LogP contribution in [0.15, 0.2) is 71.4 Å². The Hall–Kier alpha value is -3.53. The lowest BCUT2D eigenvalue weighted by atomic mass is 9.96. The van der Waals surface area contributed by atoms with Crippen LogP contribution in [0.1, 0.15) is 45.1 Å². The van der Waals surface area contributed by atoms with Crippen molar-refractivity contribution < 1.29 is 13.9 Å². The van der Waals surface area contributed by atoms with E-state index in [1.165, 1.54) is 23.6 Å². The Balaban J connectivity index is 1.60. The number of carbonyl (C=O) groups is 1. The number of amides is 1. The van der Waals surface area contributed by atoms with Crippen molar-refractivity contribution in [2.45, 2.75) is 39.5 Å².